The van der Waals surface area contributed by atoms with Gasteiger partial charge in [-0.2, -0.15) is 0 Å². The number of hydrogen-bond donors (Lipinski definition) is 4. The zero-order valence-corrected chi connectivity index (χ0v) is 18.7. The van der Waals surface area contributed by atoms with Crippen LogP contribution in [0.3, 0.4) is 0 Å². The van der Waals surface area contributed by atoms with Crippen molar-refractivity contribution in [2.45, 2.75) is 32.4 Å². The Bertz CT molecular complexity index is 1270. The van der Waals surface area contributed by atoms with Crippen molar-refractivity contribution in [1.29, 1.82) is 0 Å². The van der Waals surface area contributed by atoms with Crippen molar-refractivity contribution in [2.24, 2.45) is 0 Å². The first-order valence-corrected chi connectivity index (χ1v) is 11.0. The lowest BCUT2D eigenvalue weighted by Crippen LogP contribution is -2.39. The number of phenolic OH excluding ortho intramolecular Hbond substituents is 1. The van der Waals surface area contributed by atoms with Crippen molar-refractivity contribution >= 4 is 16.8 Å². The van der Waals surface area contributed by atoms with Gasteiger partial charge < -0.3 is 25.3 Å². The van der Waals surface area contributed by atoms with E-state index in [1.807, 2.05) is 56.4 Å². The number of hydrogen-bond acceptors (Lipinski definition) is 4. The summed E-state index contributed by atoms with van der Waals surface area (Å²) in [4.78, 5) is 16.5. The van der Waals surface area contributed by atoms with E-state index in [9.17, 15) is 15.0 Å². The van der Waals surface area contributed by atoms with Gasteiger partial charge in [0.25, 0.3) is 5.91 Å². The summed E-state index contributed by atoms with van der Waals surface area (Å²) in [6, 6.07) is 19.7. The number of nitrogens with one attached hydrogen (secondary N) is 2. The van der Waals surface area contributed by atoms with E-state index in [1.54, 1.807) is 30.3 Å². The van der Waals surface area contributed by atoms with Crippen molar-refractivity contribution in [3.05, 3.63) is 84.1 Å². The molecule has 4 aromatic rings. The average Bonchev–Trinajstić information content (AvgIpc) is 3.21. The van der Waals surface area contributed by atoms with Crippen LogP contribution in [0.1, 0.15) is 31.2 Å². The Hall–Kier alpha value is -3.77. The van der Waals surface area contributed by atoms with Crippen LogP contribution in [0.2, 0.25) is 0 Å². The van der Waals surface area contributed by atoms with Gasteiger partial charge in [0.2, 0.25) is 0 Å². The number of fused-ring (bicyclic) bond motifs is 1. The maximum atomic E-state index is 13.3. The van der Waals surface area contributed by atoms with Gasteiger partial charge in [-0.15, -0.1) is 0 Å². The number of amides is 1. The Morgan fingerprint density at radius 1 is 1.06 bits per heavy atom. The number of carbonyl (C=O) groups is 1. The molecule has 4 rings (SSSR count). The number of benzene rings is 3. The van der Waals surface area contributed by atoms with Crippen LogP contribution in [-0.2, 0) is 6.42 Å². The van der Waals surface area contributed by atoms with Crippen molar-refractivity contribution in [3.63, 3.8) is 0 Å². The third-order valence-corrected chi connectivity index (χ3v) is 5.46. The zero-order valence-electron chi connectivity index (χ0n) is 18.7. The monoisotopic (exact) mass is 446 g/mol. The highest BCUT2D eigenvalue weighted by Crippen LogP contribution is 2.29. The second kappa shape index (κ2) is 9.79. The molecule has 1 atom stereocenters. The summed E-state index contributed by atoms with van der Waals surface area (Å²) < 4.78 is 5.88. The van der Waals surface area contributed by atoms with Gasteiger partial charge in [0.05, 0.1) is 24.3 Å². The number of H-pyrrole nitrogens is 1. The predicted octanol–water partition coefficient (Wildman–Crippen LogP) is 4.91. The molecule has 0 aliphatic carbocycles. The first-order valence-electron chi connectivity index (χ1n) is 11.0. The van der Waals surface area contributed by atoms with Gasteiger partial charge in [-0.05, 0) is 67.3 Å². The molecule has 1 heterocycles. The molecular formula is C27H30N2O4. The molecule has 172 valence electrons. The second-order valence-corrected chi connectivity index (χ2v) is 8.34. The molecule has 0 aliphatic rings. The fraction of sp³-hybridized carbons (Fsp3) is 0.222. The summed E-state index contributed by atoms with van der Waals surface area (Å²) in [5, 5.41) is 23.9. The molecule has 0 fully saturated rings. The van der Waals surface area contributed by atoms with Crippen LogP contribution in [0.4, 0.5) is 0 Å². The van der Waals surface area contributed by atoms with Crippen LogP contribution in [0.25, 0.3) is 22.0 Å². The molecular weight excluding hydrogens is 416 g/mol. The number of ether oxygens (including phenoxy) is 1. The summed E-state index contributed by atoms with van der Waals surface area (Å²) in [5.41, 5.74) is 3.99. The van der Waals surface area contributed by atoms with E-state index in [0.717, 1.165) is 27.6 Å². The van der Waals surface area contributed by atoms with E-state index in [2.05, 4.69) is 10.3 Å². The van der Waals surface area contributed by atoms with E-state index in [0.29, 0.717) is 17.7 Å². The Balaban J connectivity index is 0.00000324. The standard InChI is InChI=1S/C27H28N2O4.H2/c1-17(2)33-26-11-10-19(18-6-5-7-22(31)13-18)14-24(26)27(32)29-21(16-30)12-20-15-28-25-9-4-3-8-23(20)25;/h3-11,13-15,17,21,28,30-31H,12,16H2,1-2H3,(H,29,32);1H/t21-;/m1./s1. The molecule has 1 amide bonds. The van der Waals surface area contributed by atoms with E-state index >= 15 is 0 Å². The second-order valence-electron chi connectivity index (χ2n) is 8.34. The number of aromatic amines is 1. The zero-order chi connectivity index (χ0) is 23.4. The number of aromatic hydroxyl groups is 1. The third-order valence-electron chi connectivity index (χ3n) is 5.46. The van der Waals surface area contributed by atoms with Crippen LogP contribution >= 0.6 is 0 Å². The Labute approximate surface area is 194 Å². The molecule has 1 aromatic heterocycles. The van der Waals surface area contributed by atoms with Crippen molar-refractivity contribution < 1.29 is 21.2 Å². The first-order chi connectivity index (χ1) is 15.9. The number of phenols is 1. The molecule has 0 radical (unpaired) electrons. The largest absolute Gasteiger partial charge is 0.508 e. The number of aliphatic hydroxyl groups is 1. The topological polar surface area (TPSA) is 94.6 Å². The lowest BCUT2D eigenvalue weighted by Gasteiger charge is -2.19. The molecule has 0 spiro atoms. The number of aliphatic hydroxyl groups excluding tert-OH is 1. The third kappa shape index (κ3) is 5.18. The van der Waals surface area contributed by atoms with E-state index in [1.165, 1.54) is 0 Å². The highest BCUT2D eigenvalue weighted by molar-refractivity contribution is 5.98. The molecule has 6 nitrogen and oxygen atoms in total. The van der Waals surface area contributed by atoms with Crippen LogP contribution in [0, 0.1) is 0 Å². The van der Waals surface area contributed by atoms with Crippen molar-refractivity contribution in [1.82, 2.24) is 10.3 Å². The number of para-hydroxylation sites is 1. The molecule has 4 N–H and O–H groups in total. The van der Waals surface area contributed by atoms with Gasteiger partial charge in [0.1, 0.15) is 11.5 Å². The van der Waals surface area contributed by atoms with Gasteiger partial charge >= 0.3 is 0 Å². The molecule has 3 aromatic carbocycles. The molecule has 0 saturated carbocycles. The minimum Gasteiger partial charge on any atom is -0.508 e. The lowest BCUT2D eigenvalue weighted by molar-refractivity contribution is 0.0910. The Kier molecular flexibility index (Phi) is 6.66. The molecule has 0 bridgehead atoms. The fourth-order valence-corrected chi connectivity index (χ4v) is 3.92. The van der Waals surface area contributed by atoms with Gasteiger partial charge in [-0.25, -0.2) is 0 Å². The minimum absolute atomic E-state index is 0. The van der Waals surface area contributed by atoms with Gasteiger partial charge in [0, 0.05) is 18.5 Å². The summed E-state index contributed by atoms with van der Waals surface area (Å²) in [7, 11) is 0. The van der Waals surface area contributed by atoms with Gasteiger partial charge in [0.15, 0.2) is 0 Å². The molecule has 33 heavy (non-hydrogen) atoms. The maximum Gasteiger partial charge on any atom is 0.255 e. The summed E-state index contributed by atoms with van der Waals surface area (Å²) in [5.74, 6) is 0.293. The number of carbonyl (C=O) groups excluding carboxylic acids is 1. The van der Waals surface area contributed by atoms with E-state index in [4.69, 9.17) is 4.74 Å². The normalized spacial score (nSPS) is 12.1. The summed E-state index contributed by atoms with van der Waals surface area (Å²) >= 11 is 0. The van der Waals surface area contributed by atoms with Crippen LogP contribution in [0.5, 0.6) is 11.5 Å². The summed E-state index contributed by atoms with van der Waals surface area (Å²) in [6.07, 6.45) is 2.29. The highest BCUT2D eigenvalue weighted by Gasteiger charge is 2.20. The maximum absolute atomic E-state index is 13.3. The van der Waals surface area contributed by atoms with Crippen molar-refractivity contribution in [3.8, 4) is 22.6 Å². The van der Waals surface area contributed by atoms with Gasteiger partial charge in [-0.3, -0.25) is 4.79 Å². The highest BCUT2D eigenvalue weighted by atomic mass is 16.5. The van der Waals surface area contributed by atoms with E-state index in [-0.39, 0.29) is 25.8 Å². The molecule has 0 saturated heterocycles. The quantitative estimate of drug-likeness (QED) is 0.309. The predicted molar refractivity (Wildman–Crippen MR) is 132 cm³/mol. The van der Waals surface area contributed by atoms with Crippen molar-refractivity contribution in [2.75, 3.05) is 6.61 Å². The van der Waals surface area contributed by atoms with Crippen LogP contribution < -0.4 is 10.1 Å². The van der Waals surface area contributed by atoms with Crippen LogP contribution in [0.15, 0.2) is 72.9 Å². The molecule has 6 heteroatoms. The number of aromatic nitrogens is 1. The lowest BCUT2D eigenvalue weighted by atomic mass is 10.0. The Morgan fingerprint density at radius 3 is 2.61 bits per heavy atom. The SMILES string of the molecule is CC(C)Oc1ccc(-c2cccc(O)c2)cc1C(=O)N[C@@H](CO)Cc1c[nH]c2ccccc12.[HH]. The fourth-order valence-electron chi connectivity index (χ4n) is 3.92. The molecule has 0 unspecified atom stereocenters. The van der Waals surface area contributed by atoms with Gasteiger partial charge in [-0.1, -0.05) is 36.4 Å². The average molecular weight is 447 g/mol. The minimum atomic E-state index is -0.465. The number of rotatable bonds is 8. The summed E-state index contributed by atoms with van der Waals surface area (Å²) in [6.45, 7) is 3.61. The van der Waals surface area contributed by atoms with E-state index < -0.39 is 6.04 Å². The first kappa shape index (κ1) is 22.4. The molecule has 0 aliphatic heterocycles. The Morgan fingerprint density at radius 2 is 1.85 bits per heavy atom. The smallest absolute Gasteiger partial charge is 0.255 e. The van der Waals surface area contributed by atoms with Crippen LogP contribution in [-0.4, -0.2) is 39.9 Å².